The molecule has 2 heterocycles. The summed E-state index contributed by atoms with van der Waals surface area (Å²) in [6.07, 6.45) is 0. The fourth-order valence-electron chi connectivity index (χ4n) is 3.82. The number of aromatic hydroxyl groups is 1. The topological polar surface area (TPSA) is 70.8 Å². The van der Waals surface area contributed by atoms with Gasteiger partial charge in [0.2, 0.25) is 5.89 Å². The van der Waals surface area contributed by atoms with Crippen LogP contribution in [0.5, 0.6) is 5.75 Å². The van der Waals surface area contributed by atoms with Gasteiger partial charge in [0.25, 0.3) is 0 Å². The SMILES string of the molecule is Cc1ccc2oc(-c3cc(NCc4ccc(N5CCOCC5)cc4)ccc3O)nc2c1. The first-order valence-electron chi connectivity index (χ1n) is 10.5. The number of ether oxygens (including phenoxy) is 1. The van der Waals surface area contributed by atoms with Gasteiger partial charge in [-0.1, -0.05) is 18.2 Å². The van der Waals surface area contributed by atoms with E-state index in [1.807, 2.05) is 37.3 Å². The molecule has 0 unspecified atom stereocenters. The van der Waals surface area contributed by atoms with E-state index in [0.29, 0.717) is 23.6 Å². The Kier molecular flexibility index (Phi) is 5.22. The minimum absolute atomic E-state index is 0.142. The van der Waals surface area contributed by atoms with Crippen LogP contribution in [0.25, 0.3) is 22.6 Å². The molecular weight excluding hydrogens is 390 g/mol. The Morgan fingerprint density at radius 2 is 1.81 bits per heavy atom. The van der Waals surface area contributed by atoms with Crippen LogP contribution < -0.4 is 10.2 Å². The molecule has 4 aromatic rings. The number of aryl methyl sites for hydroxylation is 1. The summed E-state index contributed by atoms with van der Waals surface area (Å²) < 4.78 is 11.3. The molecule has 0 amide bonds. The Balaban J connectivity index is 1.31. The number of phenols is 1. The Morgan fingerprint density at radius 3 is 2.61 bits per heavy atom. The molecule has 2 N–H and O–H groups in total. The van der Waals surface area contributed by atoms with Gasteiger partial charge in [0.1, 0.15) is 11.3 Å². The maximum absolute atomic E-state index is 10.4. The van der Waals surface area contributed by atoms with Gasteiger partial charge < -0.3 is 24.5 Å². The van der Waals surface area contributed by atoms with Crippen molar-refractivity contribution >= 4 is 22.5 Å². The average Bonchev–Trinajstić information content (AvgIpc) is 3.22. The second-order valence-electron chi connectivity index (χ2n) is 7.84. The molecule has 0 radical (unpaired) electrons. The third-order valence-corrected chi connectivity index (χ3v) is 5.58. The summed E-state index contributed by atoms with van der Waals surface area (Å²) in [6, 6.07) is 19.9. The first kappa shape index (κ1) is 19.5. The fourth-order valence-corrected chi connectivity index (χ4v) is 3.82. The van der Waals surface area contributed by atoms with Gasteiger partial charge >= 0.3 is 0 Å². The third kappa shape index (κ3) is 4.20. The van der Waals surface area contributed by atoms with Crippen LogP contribution in [0.3, 0.4) is 0 Å². The summed E-state index contributed by atoms with van der Waals surface area (Å²) >= 11 is 0. The normalized spacial score (nSPS) is 14.2. The maximum atomic E-state index is 10.4. The largest absolute Gasteiger partial charge is 0.507 e. The van der Waals surface area contributed by atoms with Crippen molar-refractivity contribution in [3.63, 3.8) is 0 Å². The Hall–Kier alpha value is -3.51. The van der Waals surface area contributed by atoms with Crippen molar-refractivity contribution in [3.05, 3.63) is 71.8 Å². The highest BCUT2D eigenvalue weighted by Crippen LogP contribution is 2.33. The minimum Gasteiger partial charge on any atom is -0.507 e. The number of fused-ring (bicyclic) bond motifs is 1. The molecule has 0 bridgehead atoms. The number of morpholine rings is 1. The third-order valence-electron chi connectivity index (χ3n) is 5.58. The summed E-state index contributed by atoms with van der Waals surface area (Å²) in [4.78, 5) is 6.89. The van der Waals surface area contributed by atoms with Gasteiger partial charge in [0.15, 0.2) is 5.58 Å². The molecule has 0 aliphatic carbocycles. The van der Waals surface area contributed by atoms with E-state index in [1.54, 1.807) is 6.07 Å². The predicted octanol–water partition coefficient (Wildman–Crippen LogP) is 4.96. The van der Waals surface area contributed by atoms with Gasteiger partial charge in [0, 0.05) is 31.0 Å². The highest BCUT2D eigenvalue weighted by atomic mass is 16.5. The molecule has 1 aliphatic rings. The number of rotatable bonds is 5. The fraction of sp³-hybridized carbons (Fsp3) is 0.240. The predicted molar refractivity (Wildman–Crippen MR) is 123 cm³/mol. The lowest BCUT2D eigenvalue weighted by Gasteiger charge is -2.28. The van der Waals surface area contributed by atoms with Crippen molar-refractivity contribution in [1.29, 1.82) is 0 Å². The Morgan fingerprint density at radius 1 is 1.00 bits per heavy atom. The first-order chi connectivity index (χ1) is 15.2. The van der Waals surface area contributed by atoms with Crippen molar-refractivity contribution in [2.45, 2.75) is 13.5 Å². The number of phenolic OH excluding ortho intramolecular Hbond substituents is 1. The van der Waals surface area contributed by atoms with E-state index in [1.165, 1.54) is 11.3 Å². The van der Waals surface area contributed by atoms with E-state index in [4.69, 9.17) is 9.15 Å². The molecule has 0 saturated carbocycles. The zero-order valence-electron chi connectivity index (χ0n) is 17.5. The molecule has 158 valence electrons. The molecule has 5 rings (SSSR count). The summed E-state index contributed by atoms with van der Waals surface area (Å²) in [5.74, 6) is 0.556. The van der Waals surface area contributed by atoms with Crippen LogP contribution in [-0.4, -0.2) is 36.4 Å². The average molecular weight is 415 g/mol. The number of anilines is 2. The van der Waals surface area contributed by atoms with Gasteiger partial charge in [-0.15, -0.1) is 0 Å². The molecule has 31 heavy (non-hydrogen) atoms. The van der Waals surface area contributed by atoms with Gasteiger partial charge in [-0.2, -0.15) is 0 Å². The smallest absolute Gasteiger partial charge is 0.231 e. The molecular formula is C25H25N3O3. The van der Waals surface area contributed by atoms with Gasteiger partial charge in [-0.05, 0) is 60.5 Å². The number of hydrogen-bond acceptors (Lipinski definition) is 6. The van der Waals surface area contributed by atoms with E-state index in [-0.39, 0.29) is 5.75 Å². The minimum atomic E-state index is 0.142. The molecule has 6 nitrogen and oxygen atoms in total. The van der Waals surface area contributed by atoms with Crippen LogP contribution in [0.4, 0.5) is 11.4 Å². The standard InChI is InChI=1S/C25H25N3O3/c1-17-2-9-24-22(14-17)27-25(31-24)21-15-19(5-8-23(21)29)26-16-18-3-6-20(7-4-18)28-10-12-30-13-11-28/h2-9,14-15,26,29H,10-13,16H2,1H3. The number of benzene rings is 3. The Bertz CT molecular complexity index is 1190. The van der Waals surface area contributed by atoms with Crippen molar-refractivity contribution < 1.29 is 14.3 Å². The van der Waals surface area contributed by atoms with Gasteiger partial charge in [0.05, 0.1) is 18.8 Å². The van der Waals surface area contributed by atoms with Crippen LogP contribution in [0.2, 0.25) is 0 Å². The first-order valence-corrected chi connectivity index (χ1v) is 10.5. The van der Waals surface area contributed by atoms with Crippen LogP contribution in [0.1, 0.15) is 11.1 Å². The van der Waals surface area contributed by atoms with E-state index in [2.05, 4.69) is 39.5 Å². The number of nitrogens with one attached hydrogen (secondary N) is 1. The van der Waals surface area contributed by atoms with Gasteiger partial charge in [-0.3, -0.25) is 0 Å². The highest BCUT2D eigenvalue weighted by molar-refractivity contribution is 5.79. The highest BCUT2D eigenvalue weighted by Gasteiger charge is 2.14. The zero-order chi connectivity index (χ0) is 21.2. The van der Waals surface area contributed by atoms with E-state index in [0.717, 1.165) is 43.1 Å². The van der Waals surface area contributed by atoms with Crippen LogP contribution >= 0.6 is 0 Å². The second kappa shape index (κ2) is 8.32. The molecule has 0 spiro atoms. The van der Waals surface area contributed by atoms with Crippen molar-refractivity contribution in [2.75, 3.05) is 36.5 Å². The van der Waals surface area contributed by atoms with E-state index < -0.39 is 0 Å². The van der Waals surface area contributed by atoms with Gasteiger partial charge in [-0.25, -0.2) is 4.98 Å². The molecule has 1 aromatic heterocycles. The lowest BCUT2D eigenvalue weighted by Crippen LogP contribution is -2.36. The van der Waals surface area contributed by atoms with Crippen molar-refractivity contribution in [3.8, 4) is 17.2 Å². The monoisotopic (exact) mass is 415 g/mol. The lowest BCUT2D eigenvalue weighted by molar-refractivity contribution is 0.122. The van der Waals surface area contributed by atoms with E-state index >= 15 is 0 Å². The van der Waals surface area contributed by atoms with Crippen LogP contribution in [0.15, 0.2) is 65.1 Å². The molecule has 1 aliphatic heterocycles. The summed E-state index contributed by atoms with van der Waals surface area (Å²) in [5, 5.41) is 13.8. The van der Waals surface area contributed by atoms with E-state index in [9.17, 15) is 5.11 Å². The molecule has 0 atom stereocenters. The number of aromatic nitrogens is 1. The number of oxazole rings is 1. The summed E-state index contributed by atoms with van der Waals surface area (Å²) in [6.45, 7) is 6.13. The van der Waals surface area contributed by atoms with Crippen molar-refractivity contribution in [2.24, 2.45) is 0 Å². The lowest BCUT2D eigenvalue weighted by atomic mass is 10.1. The molecule has 1 fully saturated rings. The maximum Gasteiger partial charge on any atom is 0.231 e. The van der Waals surface area contributed by atoms with Crippen LogP contribution in [-0.2, 0) is 11.3 Å². The number of nitrogens with zero attached hydrogens (tertiary/aromatic N) is 2. The second-order valence-corrected chi connectivity index (χ2v) is 7.84. The van der Waals surface area contributed by atoms with Crippen LogP contribution in [0, 0.1) is 6.92 Å². The molecule has 6 heteroatoms. The summed E-state index contributed by atoms with van der Waals surface area (Å²) in [5.41, 5.74) is 6.48. The number of hydrogen-bond donors (Lipinski definition) is 2. The summed E-state index contributed by atoms with van der Waals surface area (Å²) in [7, 11) is 0. The molecule has 1 saturated heterocycles. The van der Waals surface area contributed by atoms with Crippen molar-refractivity contribution in [1.82, 2.24) is 4.98 Å². The zero-order valence-corrected chi connectivity index (χ0v) is 17.5. The quantitative estimate of drug-likeness (QED) is 0.449. The Labute approximate surface area is 181 Å². The molecule has 3 aromatic carbocycles.